The molecular weight excluding hydrogens is 180 g/mol. The zero-order valence-corrected chi connectivity index (χ0v) is 7.60. The van der Waals surface area contributed by atoms with Crippen molar-refractivity contribution in [1.29, 1.82) is 0 Å². The van der Waals surface area contributed by atoms with E-state index in [4.69, 9.17) is 0 Å². The summed E-state index contributed by atoms with van der Waals surface area (Å²) in [7, 11) is 0. The summed E-state index contributed by atoms with van der Waals surface area (Å²) in [5.74, 6) is 0. The first kappa shape index (κ1) is 8.62. The Morgan fingerprint density at radius 1 is 1.36 bits per heavy atom. The van der Waals surface area contributed by atoms with Gasteiger partial charge in [-0.1, -0.05) is 18.2 Å². The molecule has 70 valence electrons. The summed E-state index contributed by atoms with van der Waals surface area (Å²) in [5, 5.41) is 11.4. The molecule has 0 spiro atoms. The minimum Gasteiger partial charge on any atom is -0.258 e. The number of hydrogen-bond acceptors (Lipinski definition) is 3. The Kier molecular flexibility index (Phi) is 1.89. The lowest BCUT2D eigenvalue weighted by molar-refractivity contribution is -0.385. The molecule has 1 aromatic carbocycles. The van der Waals surface area contributed by atoms with E-state index in [0.29, 0.717) is 5.69 Å². The summed E-state index contributed by atoms with van der Waals surface area (Å²) < 4.78 is 0. The van der Waals surface area contributed by atoms with Crippen LogP contribution >= 0.6 is 0 Å². The van der Waals surface area contributed by atoms with Crippen LogP contribution in [0, 0.1) is 17.0 Å². The van der Waals surface area contributed by atoms with Gasteiger partial charge >= 0.3 is 0 Å². The number of fused-ring (bicyclic) bond motifs is 1. The second kappa shape index (κ2) is 3.06. The highest BCUT2D eigenvalue weighted by molar-refractivity contribution is 5.81. The molecule has 0 N–H and O–H groups in total. The fourth-order valence-electron chi connectivity index (χ4n) is 1.39. The minimum atomic E-state index is -0.408. The third-order valence-electron chi connectivity index (χ3n) is 2.08. The lowest BCUT2D eigenvalue weighted by Crippen LogP contribution is -1.94. The van der Waals surface area contributed by atoms with Gasteiger partial charge in [-0.2, -0.15) is 0 Å². The van der Waals surface area contributed by atoms with E-state index in [9.17, 15) is 10.1 Å². The molecule has 4 heteroatoms. The van der Waals surface area contributed by atoms with Crippen LogP contribution in [0.2, 0.25) is 0 Å². The van der Waals surface area contributed by atoms with Crippen LogP contribution < -0.4 is 0 Å². The first-order valence-corrected chi connectivity index (χ1v) is 4.19. The molecule has 0 saturated heterocycles. The molecule has 0 aliphatic carbocycles. The first-order valence-electron chi connectivity index (χ1n) is 4.19. The van der Waals surface area contributed by atoms with Crippen molar-refractivity contribution < 1.29 is 4.92 Å². The average Bonchev–Trinajstić information content (AvgIpc) is 2.16. The van der Waals surface area contributed by atoms with Gasteiger partial charge in [0.25, 0.3) is 5.69 Å². The number of aryl methyl sites for hydroxylation is 1. The Bertz CT molecular complexity index is 508. The molecule has 14 heavy (non-hydrogen) atoms. The molecule has 2 rings (SSSR count). The minimum absolute atomic E-state index is 0.0729. The van der Waals surface area contributed by atoms with Crippen LogP contribution in [0.1, 0.15) is 5.69 Å². The standard InChI is InChI=1S/C10H8N2O2/c1-7-10(12(13)14)6-8-4-2-3-5-9(8)11-7/h2-6H,1H3. The van der Waals surface area contributed by atoms with Crippen molar-refractivity contribution in [3.63, 3.8) is 0 Å². The van der Waals surface area contributed by atoms with Crippen LogP contribution in [0.15, 0.2) is 30.3 Å². The second-order valence-electron chi connectivity index (χ2n) is 3.04. The predicted octanol–water partition coefficient (Wildman–Crippen LogP) is 2.45. The van der Waals surface area contributed by atoms with E-state index in [2.05, 4.69) is 4.98 Å². The number of rotatable bonds is 1. The van der Waals surface area contributed by atoms with E-state index in [1.165, 1.54) is 0 Å². The summed E-state index contributed by atoms with van der Waals surface area (Å²) in [5.41, 5.74) is 1.31. The molecular formula is C10H8N2O2. The Balaban J connectivity index is 2.77. The zero-order chi connectivity index (χ0) is 10.1. The van der Waals surface area contributed by atoms with Crippen LogP contribution in [-0.4, -0.2) is 9.91 Å². The molecule has 0 aliphatic rings. The molecule has 2 aromatic rings. The first-order chi connectivity index (χ1) is 6.68. The average molecular weight is 188 g/mol. The highest BCUT2D eigenvalue weighted by atomic mass is 16.6. The molecule has 0 saturated carbocycles. The lowest BCUT2D eigenvalue weighted by atomic mass is 10.2. The van der Waals surface area contributed by atoms with Gasteiger partial charge in [-0.15, -0.1) is 0 Å². The van der Waals surface area contributed by atoms with Gasteiger partial charge in [-0.25, -0.2) is 4.98 Å². The SMILES string of the molecule is Cc1nc2ccccc2cc1[N+](=O)[O-]. The Morgan fingerprint density at radius 2 is 2.07 bits per heavy atom. The molecule has 0 radical (unpaired) electrons. The van der Waals surface area contributed by atoms with Crippen LogP contribution in [0.3, 0.4) is 0 Å². The summed E-state index contributed by atoms with van der Waals surface area (Å²) in [6, 6.07) is 8.90. The second-order valence-corrected chi connectivity index (χ2v) is 3.04. The zero-order valence-electron chi connectivity index (χ0n) is 7.60. The van der Waals surface area contributed by atoms with Crippen LogP contribution in [0.4, 0.5) is 5.69 Å². The van der Waals surface area contributed by atoms with Gasteiger partial charge in [0.05, 0.1) is 10.4 Å². The third-order valence-corrected chi connectivity index (χ3v) is 2.08. The van der Waals surface area contributed by atoms with Gasteiger partial charge in [0.15, 0.2) is 0 Å². The van der Waals surface area contributed by atoms with Gasteiger partial charge in [0, 0.05) is 11.5 Å². The Hall–Kier alpha value is -1.97. The smallest absolute Gasteiger partial charge is 0.258 e. The maximum Gasteiger partial charge on any atom is 0.291 e. The number of pyridine rings is 1. The highest BCUT2D eigenvalue weighted by Gasteiger charge is 2.12. The van der Waals surface area contributed by atoms with Crippen molar-refractivity contribution in [3.05, 3.63) is 46.1 Å². The number of hydrogen-bond donors (Lipinski definition) is 0. The topological polar surface area (TPSA) is 56.0 Å². The van der Waals surface area contributed by atoms with Crippen LogP contribution in [0.5, 0.6) is 0 Å². The third kappa shape index (κ3) is 1.31. The molecule has 0 bridgehead atoms. The van der Waals surface area contributed by atoms with Crippen molar-refractivity contribution in [1.82, 2.24) is 4.98 Å². The van der Waals surface area contributed by atoms with E-state index in [0.717, 1.165) is 10.9 Å². The van der Waals surface area contributed by atoms with Crippen LogP contribution in [0.25, 0.3) is 10.9 Å². The van der Waals surface area contributed by atoms with Gasteiger partial charge in [0.2, 0.25) is 0 Å². The molecule has 0 aliphatic heterocycles. The van der Waals surface area contributed by atoms with Crippen molar-refractivity contribution in [3.8, 4) is 0 Å². The number of para-hydroxylation sites is 1. The van der Waals surface area contributed by atoms with Crippen molar-refractivity contribution >= 4 is 16.6 Å². The van der Waals surface area contributed by atoms with E-state index in [-0.39, 0.29) is 5.69 Å². The molecule has 0 unspecified atom stereocenters. The molecule has 4 nitrogen and oxygen atoms in total. The lowest BCUT2D eigenvalue weighted by Gasteiger charge is -1.99. The molecule has 0 fully saturated rings. The summed E-state index contributed by atoms with van der Waals surface area (Å²) in [6.45, 7) is 1.64. The molecule has 0 atom stereocenters. The van der Waals surface area contributed by atoms with Gasteiger partial charge < -0.3 is 0 Å². The Labute approximate surface area is 80.4 Å². The predicted molar refractivity (Wildman–Crippen MR) is 53.1 cm³/mol. The Morgan fingerprint density at radius 3 is 2.79 bits per heavy atom. The van der Waals surface area contributed by atoms with Gasteiger partial charge in [0.1, 0.15) is 5.69 Å². The van der Waals surface area contributed by atoms with Gasteiger partial charge in [-0.3, -0.25) is 10.1 Å². The number of nitro groups is 1. The van der Waals surface area contributed by atoms with Crippen molar-refractivity contribution in [2.45, 2.75) is 6.92 Å². The summed E-state index contributed by atoms with van der Waals surface area (Å²) in [6.07, 6.45) is 0. The summed E-state index contributed by atoms with van der Waals surface area (Å²) in [4.78, 5) is 14.4. The van der Waals surface area contributed by atoms with E-state index in [1.807, 2.05) is 24.3 Å². The van der Waals surface area contributed by atoms with E-state index in [1.54, 1.807) is 13.0 Å². The van der Waals surface area contributed by atoms with Crippen molar-refractivity contribution in [2.75, 3.05) is 0 Å². The van der Waals surface area contributed by atoms with Crippen molar-refractivity contribution in [2.24, 2.45) is 0 Å². The normalized spacial score (nSPS) is 10.4. The van der Waals surface area contributed by atoms with Crippen LogP contribution in [-0.2, 0) is 0 Å². The molecule has 0 amide bonds. The fraction of sp³-hybridized carbons (Fsp3) is 0.100. The number of nitrogens with zero attached hydrogens (tertiary/aromatic N) is 2. The number of aromatic nitrogens is 1. The van der Waals surface area contributed by atoms with E-state index >= 15 is 0 Å². The highest BCUT2D eigenvalue weighted by Crippen LogP contribution is 2.21. The quantitative estimate of drug-likeness (QED) is 0.510. The van der Waals surface area contributed by atoms with E-state index < -0.39 is 4.92 Å². The summed E-state index contributed by atoms with van der Waals surface area (Å²) >= 11 is 0. The molecule has 1 aromatic heterocycles. The fourth-order valence-corrected chi connectivity index (χ4v) is 1.39. The maximum atomic E-state index is 10.6. The molecule has 1 heterocycles. The van der Waals surface area contributed by atoms with Gasteiger partial charge in [-0.05, 0) is 13.0 Å². The maximum absolute atomic E-state index is 10.6. The number of benzene rings is 1. The monoisotopic (exact) mass is 188 g/mol. The largest absolute Gasteiger partial charge is 0.291 e.